The number of halogens is 1. The van der Waals surface area contributed by atoms with Crippen LogP contribution < -0.4 is 4.74 Å². The van der Waals surface area contributed by atoms with E-state index in [2.05, 4.69) is 0 Å². The first-order valence-electron chi connectivity index (χ1n) is 7.72. The van der Waals surface area contributed by atoms with Gasteiger partial charge in [-0.3, -0.25) is 4.79 Å². The highest BCUT2D eigenvalue weighted by molar-refractivity contribution is 5.77. The largest absolute Gasteiger partial charge is 0.494 e. The van der Waals surface area contributed by atoms with Crippen LogP contribution >= 0.6 is 0 Å². The number of hydrogen-bond acceptors (Lipinski definition) is 2. The molecule has 1 N–H and O–H groups in total. The van der Waals surface area contributed by atoms with Gasteiger partial charge in [-0.2, -0.15) is 0 Å². The predicted molar refractivity (Wildman–Crippen MR) is 87.4 cm³/mol. The number of benzene rings is 2. The van der Waals surface area contributed by atoms with Gasteiger partial charge in [-0.15, -0.1) is 0 Å². The molecular formula is C19H21FO3. The summed E-state index contributed by atoms with van der Waals surface area (Å²) < 4.78 is 18.9. The van der Waals surface area contributed by atoms with Crippen molar-refractivity contribution in [3.63, 3.8) is 0 Å². The molecule has 3 nitrogen and oxygen atoms in total. The van der Waals surface area contributed by atoms with E-state index in [1.165, 1.54) is 12.1 Å². The maximum absolute atomic E-state index is 13.3. The molecule has 0 fully saturated rings. The Labute approximate surface area is 135 Å². The average molecular weight is 316 g/mol. The summed E-state index contributed by atoms with van der Waals surface area (Å²) in [6.07, 6.45) is 1.17. The van der Waals surface area contributed by atoms with Crippen LogP contribution in [0, 0.1) is 12.7 Å². The van der Waals surface area contributed by atoms with Crippen LogP contribution in [0.1, 0.15) is 36.0 Å². The van der Waals surface area contributed by atoms with Crippen LogP contribution in [0.15, 0.2) is 42.5 Å². The van der Waals surface area contributed by atoms with Crippen molar-refractivity contribution in [3.8, 4) is 5.75 Å². The third-order valence-electron chi connectivity index (χ3n) is 3.72. The third kappa shape index (κ3) is 4.55. The average Bonchev–Trinajstić information content (AvgIpc) is 2.51. The van der Waals surface area contributed by atoms with Gasteiger partial charge in [-0.25, -0.2) is 4.39 Å². The molecule has 0 bridgehead atoms. The second kappa shape index (κ2) is 7.77. The molecule has 0 radical (unpaired) electrons. The van der Waals surface area contributed by atoms with Crippen LogP contribution in [0.25, 0.3) is 0 Å². The normalized spacial score (nSPS) is 12.0. The first-order valence-corrected chi connectivity index (χ1v) is 7.72. The molecule has 0 aliphatic heterocycles. The van der Waals surface area contributed by atoms with E-state index in [0.29, 0.717) is 12.2 Å². The maximum Gasteiger partial charge on any atom is 0.311 e. The minimum Gasteiger partial charge on any atom is -0.494 e. The molecular weight excluding hydrogens is 295 g/mol. The van der Waals surface area contributed by atoms with Gasteiger partial charge in [0.1, 0.15) is 11.6 Å². The first-order chi connectivity index (χ1) is 11.0. The number of carboxylic acids is 1. The van der Waals surface area contributed by atoms with Crippen LogP contribution in [0.2, 0.25) is 0 Å². The Morgan fingerprint density at radius 3 is 2.65 bits per heavy atom. The van der Waals surface area contributed by atoms with Crippen molar-refractivity contribution in [2.24, 2.45) is 0 Å². The molecule has 0 saturated heterocycles. The van der Waals surface area contributed by atoms with E-state index in [1.807, 2.05) is 19.9 Å². The van der Waals surface area contributed by atoms with Crippen LogP contribution in [0.4, 0.5) is 4.39 Å². The second-order valence-electron chi connectivity index (χ2n) is 5.59. The van der Waals surface area contributed by atoms with E-state index in [1.54, 1.807) is 24.3 Å². The monoisotopic (exact) mass is 316 g/mol. The van der Waals surface area contributed by atoms with Crippen molar-refractivity contribution >= 4 is 5.97 Å². The van der Waals surface area contributed by atoms with Gasteiger partial charge in [-0.1, -0.05) is 25.1 Å². The Morgan fingerprint density at radius 1 is 1.26 bits per heavy atom. The number of aliphatic carboxylic acids is 1. The lowest BCUT2D eigenvalue weighted by Crippen LogP contribution is -2.16. The molecule has 2 rings (SSSR count). The van der Waals surface area contributed by atoms with Gasteiger partial charge in [0.05, 0.1) is 12.5 Å². The van der Waals surface area contributed by atoms with Crippen molar-refractivity contribution in [1.82, 2.24) is 0 Å². The van der Waals surface area contributed by atoms with E-state index < -0.39 is 11.9 Å². The number of aryl methyl sites for hydroxylation is 1. The van der Waals surface area contributed by atoms with Gasteiger partial charge in [0.2, 0.25) is 0 Å². The van der Waals surface area contributed by atoms with E-state index in [4.69, 9.17) is 4.74 Å². The van der Waals surface area contributed by atoms with Gasteiger partial charge in [0.15, 0.2) is 0 Å². The van der Waals surface area contributed by atoms with Crippen LogP contribution in [-0.4, -0.2) is 17.7 Å². The number of rotatable bonds is 7. The molecule has 0 heterocycles. The van der Waals surface area contributed by atoms with E-state index in [0.717, 1.165) is 23.3 Å². The lowest BCUT2D eigenvalue weighted by Gasteiger charge is -2.17. The zero-order valence-corrected chi connectivity index (χ0v) is 13.4. The summed E-state index contributed by atoms with van der Waals surface area (Å²) in [6, 6.07) is 11.5. The summed E-state index contributed by atoms with van der Waals surface area (Å²) in [6.45, 7) is 4.53. The Bertz CT molecular complexity index is 682. The number of ether oxygens (including phenoxy) is 1. The molecule has 0 spiro atoms. The Hall–Kier alpha value is -2.36. The topological polar surface area (TPSA) is 46.5 Å². The van der Waals surface area contributed by atoms with Gasteiger partial charge >= 0.3 is 5.97 Å². The van der Waals surface area contributed by atoms with E-state index in [-0.39, 0.29) is 12.2 Å². The van der Waals surface area contributed by atoms with Gasteiger partial charge in [0, 0.05) is 0 Å². The van der Waals surface area contributed by atoms with E-state index >= 15 is 0 Å². The number of hydrogen-bond donors (Lipinski definition) is 1. The molecule has 2 aromatic rings. The molecule has 0 aromatic heterocycles. The lowest BCUT2D eigenvalue weighted by atomic mass is 9.89. The van der Waals surface area contributed by atoms with Gasteiger partial charge < -0.3 is 9.84 Å². The van der Waals surface area contributed by atoms with Crippen LogP contribution in [0.5, 0.6) is 5.75 Å². The molecule has 122 valence electrons. The van der Waals surface area contributed by atoms with E-state index in [9.17, 15) is 14.3 Å². The molecule has 0 amide bonds. The van der Waals surface area contributed by atoms with Gasteiger partial charge in [-0.05, 0) is 60.7 Å². The summed E-state index contributed by atoms with van der Waals surface area (Å²) in [7, 11) is 0. The highest BCUT2D eigenvalue weighted by atomic mass is 19.1. The highest BCUT2D eigenvalue weighted by Crippen LogP contribution is 2.27. The molecule has 2 aromatic carbocycles. The minimum absolute atomic E-state index is 0.253. The van der Waals surface area contributed by atoms with Crippen LogP contribution in [0.3, 0.4) is 0 Å². The molecule has 1 unspecified atom stereocenters. The Balaban J connectivity index is 2.25. The zero-order chi connectivity index (χ0) is 16.8. The van der Waals surface area contributed by atoms with Crippen molar-refractivity contribution < 1.29 is 19.0 Å². The number of carbonyl (C=O) groups is 1. The molecule has 0 saturated carbocycles. The zero-order valence-electron chi connectivity index (χ0n) is 13.4. The van der Waals surface area contributed by atoms with Crippen molar-refractivity contribution in [1.29, 1.82) is 0 Å². The van der Waals surface area contributed by atoms with Crippen LogP contribution in [-0.2, 0) is 11.2 Å². The standard InChI is InChI=1S/C19H21FO3/c1-3-9-23-16-7-8-17(13(2)10-16)18(19(21)22)12-14-5-4-6-15(20)11-14/h4-8,10-11,18H,3,9,12H2,1-2H3,(H,21,22). The molecule has 23 heavy (non-hydrogen) atoms. The first kappa shape index (κ1) is 17.0. The second-order valence-corrected chi connectivity index (χ2v) is 5.59. The predicted octanol–water partition coefficient (Wildman–Crippen LogP) is 4.33. The fraction of sp³-hybridized carbons (Fsp3) is 0.316. The summed E-state index contributed by atoms with van der Waals surface area (Å²) in [4.78, 5) is 11.7. The minimum atomic E-state index is -0.917. The Morgan fingerprint density at radius 2 is 2.04 bits per heavy atom. The summed E-state index contributed by atoms with van der Waals surface area (Å²) in [5.41, 5.74) is 2.26. The van der Waals surface area contributed by atoms with Gasteiger partial charge in [0.25, 0.3) is 0 Å². The lowest BCUT2D eigenvalue weighted by molar-refractivity contribution is -0.138. The fourth-order valence-electron chi connectivity index (χ4n) is 2.58. The third-order valence-corrected chi connectivity index (χ3v) is 3.72. The highest BCUT2D eigenvalue weighted by Gasteiger charge is 2.22. The Kier molecular flexibility index (Phi) is 5.74. The SMILES string of the molecule is CCCOc1ccc(C(Cc2cccc(F)c2)C(=O)O)c(C)c1. The smallest absolute Gasteiger partial charge is 0.311 e. The summed E-state index contributed by atoms with van der Waals surface area (Å²) >= 11 is 0. The summed E-state index contributed by atoms with van der Waals surface area (Å²) in [5.74, 6) is -1.24. The molecule has 0 aliphatic carbocycles. The fourth-order valence-corrected chi connectivity index (χ4v) is 2.58. The number of carboxylic acid groups (broad SMARTS) is 1. The molecule has 4 heteroatoms. The van der Waals surface area contributed by atoms with Crippen molar-refractivity contribution in [2.45, 2.75) is 32.6 Å². The maximum atomic E-state index is 13.3. The van der Waals surface area contributed by atoms with Crippen molar-refractivity contribution in [2.75, 3.05) is 6.61 Å². The molecule has 0 aliphatic rings. The summed E-state index contributed by atoms with van der Waals surface area (Å²) in [5, 5.41) is 9.57. The molecule has 1 atom stereocenters. The van der Waals surface area contributed by atoms with Crippen molar-refractivity contribution in [3.05, 3.63) is 65.0 Å². The quantitative estimate of drug-likeness (QED) is 0.827.